The molecule has 0 saturated carbocycles. The number of carboxylic acids is 1. The van der Waals surface area contributed by atoms with E-state index in [4.69, 9.17) is 5.11 Å². The van der Waals surface area contributed by atoms with Crippen LogP contribution in [0.1, 0.15) is 50.4 Å². The average Bonchev–Trinajstić information content (AvgIpc) is 2.32. The standard InChI is InChI=1S/C15H21F2NO2/c1-9(2)5-4-6-10(3)18-14-12(16)7-11(15(19)20)8-13(14)17/h7-10,18H,4-6H2,1-3H3,(H,19,20). The predicted octanol–water partition coefficient (Wildman–Crippen LogP) is 4.29. The van der Waals surface area contributed by atoms with Crippen molar-refractivity contribution in [1.82, 2.24) is 0 Å². The van der Waals surface area contributed by atoms with E-state index in [1.807, 2.05) is 6.92 Å². The van der Waals surface area contributed by atoms with E-state index in [-0.39, 0.29) is 11.7 Å². The number of carbonyl (C=O) groups is 1. The molecule has 0 aliphatic carbocycles. The fourth-order valence-electron chi connectivity index (χ4n) is 1.99. The molecule has 20 heavy (non-hydrogen) atoms. The number of rotatable bonds is 7. The number of anilines is 1. The number of halogens is 2. The van der Waals surface area contributed by atoms with Gasteiger partial charge >= 0.3 is 5.97 Å². The first-order valence-electron chi connectivity index (χ1n) is 6.80. The number of aromatic carboxylic acids is 1. The molecule has 0 radical (unpaired) electrons. The summed E-state index contributed by atoms with van der Waals surface area (Å²) < 4.78 is 27.4. The van der Waals surface area contributed by atoms with Crippen LogP contribution in [-0.2, 0) is 0 Å². The van der Waals surface area contributed by atoms with Gasteiger partial charge in [-0.15, -0.1) is 0 Å². The van der Waals surface area contributed by atoms with Crippen molar-refractivity contribution < 1.29 is 18.7 Å². The van der Waals surface area contributed by atoms with Crippen molar-refractivity contribution in [3.63, 3.8) is 0 Å². The Labute approximate surface area is 118 Å². The molecule has 112 valence electrons. The number of carboxylic acid groups (broad SMARTS) is 1. The van der Waals surface area contributed by atoms with Crippen LogP contribution in [0.4, 0.5) is 14.5 Å². The molecule has 1 unspecified atom stereocenters. The summed E-state index contributed by atoms with van der Waals surface area (Å²) in [6.45, 7) is 6.11. The second-order valence-electron chi connectivity index (χ2n) is 5.49. The van der Waals surface area contributed by atoms with Crippen LogP contribution in [0.3, 0.4) is 0 Å². The molecule has 0 amide bonds. The topological polar surface area (TPSA) is 49.3 Å². The van der Waals surface area contributed by atoms with Crippen LogP contribution < -0.4 is 5.32 Å². The first-order valence-corrected chi connectivity index (χ1v) is 6.80. The minimum atomic E-state index is -1.35. The van der Waals surface area contributed by atoms with Crippen LogP contribution in [0.25, 0.3) is 0 Å². The number of hydrogen-bond acceptors (Lipinski definition) is 2. The Morgan fingerprint density at radius 1 is 1.20 bits per heavy atom. The molecule has 3 nitrogen and oxygen atoms in total. The van der Waals surface area contributed by atoms with Gasteiger partial charge in [0.1, 0.15) is 17.3 Å². The third-order valence-corrected chi connectivity index (χ3v) is 3.10. The molecule has 0 fully saturated rings. The fourth-order valence-corrected chi connectivity index (χ4v) is 1.99. The molecule has 0 spiro atoms. The third kappa shape index (κ3) is 4.79. The molecule has 0 heterocycles. The van der Waals surface area contributed by atoms with E-state index in [0.29, 0.717) is 5.92 Å². The first kappa shape index (κ1) is 16.4. The molecule has 0 bridgehead atoms. The average molecular weight is 285 g/mol. The van der Waals surface area contributed by atoms with Crippen molar-refractivity contribution in [3.05, 3.63) is 29.3 Å². The number of nitrogens with one attached hydrogen (secondary N) is 1. The molecule has 1 atom stereocenters. The molecule has 1 aromatic carbocycles. The van der Waals surface area contributed by atoms with E-state index < -0.39 is 23.2 Å². The molecular weight excluding hydrogens is 264 g/mol. The van der Waals surface area contributed by atoms with Gasteiger partial charge in [-0.05, 0) is 31.4 Å². The Morgan fingerprint density at radius 3 is 2.20 bits per heavy atom. The van der Waals surface area contributed by atoms with Crippen molar-refractivity contribution in [3.8, 4) is 0 Å². The van der Waals surface area contributed by atoms with Crippen molar-refractivity contribution in [2.24, 2.45) is 5.92 Å². The third-order valence-electron chi connectivity index (χ3n) is 3.10. The Balaban J connectivity index is 2.70. The molecule has 5 heteroatoms. The van der Waals surface area contributed by atoms with E-state index in [2.05, 4.69) is 19.2 Å². The summed E-state index contributed by atoms with van der Waals surface area (Å²) in [5, 5.41) is 11.5. The van der Waals surface area contributed by atoms with Crippen molar-refractivity contribution in [2.75, 3.05) is 5.32 Å². The zero-order valence-corrected chi connectivity index (χ0v) is 12.0. The first-order chi connectivity index (χ1) is 9.31. The zero-order chi connectivity index (χ0) is 15.3. The Kier molecular flexibility index (Phi) is 5.92. The van der Waals surface area contributed by atoms with Gasteiger partial charge in [-0.1, -0.05) is 26.7 Å². The lowest BCUT2D eigenvalue weighted by Crippen LogP contribution is -2.17. The van der Waals surface area contributed by atoms with Crippen LogP contribution in [0.5, 0.6) is 0 Å². The van der Waals surface area contributed by atoms with Gasteiger partial charge in [-0.3, -0.25) is 0 Å². The maximum Gasteiger partial charge on any atom is 0.335 e. The Bertz CT molecular complexity index is 452. The van der Waals surface area contributed by atoms with Crippen molar-refractivity contribution >= 4 is 11.7 Å². The molecule has 0 aliphatic rings. The smallest absolute Gasteiger partial charge is 0.335 e. The minimum Gasteiger partial charge on any atom is -0.478 e. The summed E-state index contributed by atoms with van der Waals surface area (Å²) >= 11 is 0. The van der Waals surface area contributed by atoms with Crippen LogP contribution >= 0.6 is 0 Å². The largest absolute Gasteiger partial charge is 0.478 e. The summed E-state index contributed by atoms with van der Waals surface area (Å²) in [6, 6.07) is 1.58. The SMILES string of the molecule is CC(C)CCCC(C)Nc1c(F)cc(C(=O)O)cc1F. The Hall–Kier alpha value is -1.65. The molecule has 0 aromatic heterocycles. The lowest BCUT2D eigenvalue weighted by atomic mass is 10.0. The van der Waals surface area contributed by atoms with Gasteiger partial charge in [-0.2, -0.15) is 0 Å². The highest BCUT2D eigenvalue weighted by molar-refractivity contribution is 5.88. The summed E-state index contributed by atoms with van der Waals surface area (Å²) in [6.07, 6.45) is 2.84. The molecule has 2 N–H and O–H groups in total. The summed E-state index contributed by atoms with van der Waals surface area (Å²) in [5.74, 6) is -2.50. The van der Waals surface area contributed by atoms with Crippen LogP contribution in [0.2, 0.25) is 0 Å². The van der Waals surface area contributed by atoms with Gasteiger partial charge in [-0.25, -0.2) is 13.6 Å². The summed E-state index contributed by atoms with van der Waals surface area (Å²) in [4.78, 5) is 10.7. The van der Waals surface area contributed by atoms with E-state index >= 15 is 0 Å². The highest BCUT2D eigenvalue weighted by Gasteiger charge is 2.16. The maximum atomic E-state index is 13.7. The van der Waals surface area contributed by atoms with E-state index in [0.717, 1.165) is 31.4 Å². The molecule has 1 rings (SSSR count). The summed E-state index contributed by atoms with van der Waals surface area (Å²) in [5.41, 5.74) is -0.648. The van der Waals surface area contributed by atoms with Crippen molar-refractivity contribution in [2.45, 2.75) is 46.1 Å². The second kappa shape index (κ2) is 7.22. The predicted molar refractivity (Wildman–Crippen MR) is 75.1 cm³/mol. The zero-order valence-electron chi connectivity index (χ0n) is 12.0. The Morgan fingerprint density at radius 2 is 1.75 bits per heavy atom. The van der Waals surface area contributed by atoms with Gasteiger partial charge in [0.2, 0.25) is 0 Å². The number of hydrogen-bond donors (Lipinski definition) is 2. The van der Waals surface area contributed by atoms with E-state index in [1.165, 1.54) is 0 Å². The molecule has 0 saturated heterocycles. The highest BCUT2D eigenvalue weighted by atomic mass is 19.1. The molecule has 1 aromatic rings. The van der Waals surface area contributed by atoms with Gasteiger partial charge in [0, 0.05) is 6.04 Å². The summed E-state index contributed by atoms with van der Waals surface area (Å²) in [7, 11) is 0. The number of benzene rings is 1. The fraction of sp³-hybridized carbons (Fsp3) is 0.533. The monoisotopic (exact) mass is 285 g/mol. The van der Waals surface area contributed by atoms with Gasteiger partial charge in [0.15, 0.2) is 0 Å². The molecule has 0 aliphatic heterocycles. The van der Waals surface area contributed by atoms with E-state index in [9.17, 15) is 13.6 Å². The minimum absolute atomic E-state index is 0.0755. The van der Waals surface area contributed by atoms with Crippen LogP contribution in [0.15, 0.2) is 12.1 Å². The quantitative estimate of drug-likeness (QED) is 0.785. The lowest BCUT2D eigenvalue weighted by Gasteiger charge is -2.17. The van der Waals surface area contributed by atoms with E-state index in [1.54, 1.807) is 0 Å². The highest BCUT2D eigenvalue weighted by Crippen LogP contribution is 2.23. The van der Waals surface area contributed by atoms with Gasteiger partial charge in [0.05, 0.1) is 5.56 Å². The maximum absolute atomic E-state index is 13.7. The van der Waals surface area contributed by atoms with Gasteiger partial charge < -0.3 is 10.4 Å². The van der Waals surface area contributed by atoms with Gasteiger partial charge in [0.25, 0.3) is 0 Å². The second-order valence-corrected chi connectivity index (χ2v) is 5.49. The van der Waals surface area contributed by atoms with Crippen LogP contribution in [0, 0.1) is 17.6 Å². The van der Waals surface area contributed by atoms with Crippen LogP contribution in [-0.4, -0.2) is 17.1 Å². The normalized spacial score (nSPS) is 12.5. The van der Waals surface area contributed by atoms with Crippen molar-refractivity contribution in [1.29, 1.82) is 0 Å². The molecular formula is C15H21F2NO2. The lowest BCUT2D eigenvalue weighted by molar-refractivity contribution is 0.0696.